The Balaban J connectivity index is 2.21. The molecule has 1 aromatic rings. The second kappa shape index (κ2) is 10.6. The summed E-state index contributed by atoms with van der Waals surface area (Å²) in [7, 11) is 0. The molecule has 6 nitrogen and oxygen atoms in total. The van der Waals surface area contributed by atoms with E-state index in [4.69, 9.17) is 4.74 Å². The molecule has 1 fully saturated rings. The number of rotatable bonds is 10. The number of carbonyl (C=O) groups is 2. The van der Waals surface area contributed by atoms with E-state index in [1.807, 2.05) is 0 Å². The number of carbonyl (C=O) groups excluding carboxylic acids is 1. The van der Waals surface area contributed by atoms with Crippen molar-refractivity contribution < 1.29 is 29.6 Å². The van der Waals surface area contributed by atoms with E-state index in [0.29, 0.717) is 12.0 Å². The van der Waals surface area contributed by atoms with Crippen LogP contribution in [0.4, 0.5) is 0 Å². The number of aliphatic carboxylic acids is 1. The molecule has 1 aliphatic rings. The first-order valence-corrected chi connectivity index (χ1v) is 10.7. The Morgan fingerprint density at radius 3 is 2.47 bits per heavy atom. The Morgan fingerprint density at radius 1 is 1.20 bits per heavy atom. The van der Waals surface area contributed by atoms with Crippen LogP contribution in [-0.2, 0) is 9.53 Å². The van der Waals surface area contributed by atoms with Gasteiger partial charge in [0.25, 0.3) is 0 Å². The summed E-state index contributed by atoms with van der Waals surface area (Å²) in [5.41, 5.74) is 0.358. The zero-order chi connectivity index (χ0) is 22.3. The largest absolute Gasteiger partial charge is 0.512 e. The van der Waals surface area contributed by atoms with Crippen molar-refractivity contribution in [2.45, 2.75) is 71.5 Å². The molecule has 1 aromatic carbocycles. The monoisotopic (exact) mass is 418 g/mol. The lowest BCUT2D eigenvalue weighted by molar-refractivity contribution is -0.139. The fourth-order valence-corrected chi connectivity index (χ4v) is 4.12. The lowest BCUT2D eigenvalue weighted by Crippen LogP contribution is -2.29. The average Bonchev–Trinajstić information content (AvgIpc) is 2.99. The molecule has 0 heterocycles. The second-order valence-corrected chi connectivity index (χ2v) is 9.00. The number of unbranched alkanes of at least 4 members (excludes halogenated alkanes) is 1. The van der Waals surface area contributed by atoms with Crippen LogP contribution in [0.5, 0.6) is 0 Å². The van der Waals surface area contributed by atoms with Gasteiger partial charge in [0, 0.05) is 12.3 Å². The van der Waals surface area contributed by atoms with Crippen LogP contribution in [0, 0.1) is 17.3 Å². The molecule has 4 atom stereocenters. The van der Waals surface area contributed by atoms with Crippen molar-refractivity contribution in [1.82, 2.24) is 0 Å². The maximum atomic E-state index is 12.5. The number of hydrogen-bond donors (Lipinski definition) is 3. The summed E-state index contributed by atoms with van der Waals surface area (Å²) < 4.78 is 5.62. The van der Waals surface area contributed by atoms with Crippen LogP contribution < -0.4 is 0 Å². The van der Waals surface area contributed by atoms with Gasteiger partial charge in [-0.15, -0.1) is 0 Å². The topological polar surface area (TPSA) is 104 Å². The Kier molecular flexibility index (Phi) is 8.47. The highest BCUT2D eigenvalue weighted by atomic mass is 16.5. The van der Waals surface area contributed by atoms with Crippen molar-refractivity contribution in [2.75, 3.05) is 0 Å². The van der Waals surface area contributed by atoms with Crippen molar-refractivity contribution in [2.24, 2.45) is 17.3 Å². The maximum Gasteiger partial charge on any atom is 0.338 e. The molecular formula is C24H34O6. The summed E-state index contributed by atoms with van der Waals surface area (Å²) in [6.45, 7) is 6.38. The van der Waals surface area contributed by atoms with E-state index in [-0.39, 0.29) is 24.0 Å². The minimum atomic E-state index is -1.06. The van der Waals surface area contributed by atoms with Crippen LogP contribution in [0.25, 0.3) is 0 Å². The Labute approximate surface area is 178 Å². The van der Waals surface area contributed by atoms with Gasteiger partial charge in [0.1, 0.15) is 6.10 Å². The average molecular weight is 419 g/mol. The molecule has 6 heteroatoms. The van der Waals surface area contributed by atoms with Gasteiger partial charge in [-0.05, 0) is 36.5 Å². The molecule has 0 spiro atoms. The van der Waals surface area contributed by atoms with Gasteiger partial charge in [0.05, 0.1) is 29.8 Å². The van der Waals surface area contributed by atoms with Gasteiger partial charge in [-0.25, -0.2) is 4.79 Å². The molecule has 0 unspecified atom stereocenters. The van der Waals surface area contributed by atoms with Gasteiger partial charge in [-0.2, -0.15) is 0 Å². The Bertz CT molecular complexity index is 739. The molecule has 0 amide bonds. The first-order chi connectivity index (χ1) is 14.1. The highest BCUT2D eigenvalue weighted by Crippen LogP contribution is 2.41. The van der Waals surface area contributed by atoms with Crippen molar-refractivity contribution >= 4 is 11.9 Å². The summed E-state index contributed by atoms with van der Waals surface area (Å²) in [6, 6.07) is 8.49. The number of hydrogen-bond acceptors (Lipinski definition) is 5. The van der Waals surface area contributed by atoms with Crippen molar-refractivity contribution in [3.8, 4) is 0 Å². The van der Waals surface area contributed by atoms with Crippen molar-refractivity contribution in [3.05, 3.63) is 47.7 Å². The molecular weight excluding hydrogens is 384 g/mol. The molecule has 166 valence electrons. The molecule has 2 rings (SSSR count). The third-order valence-electron chi connectivity index (χ3n) is 5.92. The van der Waals surface area contributed by atoms with Gasteiger partial charge in [-0.3, -0.25) is 4.79 Å². The predicted octanol–water partition coefficient (Wildman–Crippen LogP) is 4.73. The normalized spacial score (nSPS) is 24.6. The lowest BCUT2D eigenvalue weighted by atomic mass is 9.82. The first-order valence-electron chi connectivity index (χ1n) is 10.7. The van der Waals surface area contributed by atoms with Crippen LogP contribution in [0.15, 0.2) is 42.2 Å². The third-order valence-corrected chi connectivity index (χ3v) is 5.92. The Morgan fingerprint density at radius 2 is 1.87 bits per heavy atom. The van der Waals surface area contributed by atoms with Gasteiger partial charge in [0.15, 0.2) is 0 Å². The van der Waals surface area contributed by atoms with E-state index in [1.54, 1.807) is 36.4 Å². The van der Waals surface area contributed by atoms with Gasteiger partial charge < -0.3 is 20.1 Å². The molecule has 0 saturated heterocycles. The number of allylic oxidation sites excluding steroid dienone is 1. The summed E-state index contributed by atoms with van der Waals surface area (Å²) in [6.07, 6.45) is 3.54. The number of carboxylic acid groups (broad SMARTS) is 1. The van der Waals surface area contributed by atoms with Gasteiger partial charge in [-0.1, -0.05) is 51.8 Å². The number of aliphatic hydroxyl groups is 2. The maximum absolute atomic E-state index is 12.5. The number of carboxylic acids is 1. The van der Waals surface area contributed by atoms with E-state index >= 15 is 0 Å². The molecule has 0 aliphatic heterocycles. The molecule has 3 N–H and O–H groups in total. The van der Waals surface area contributed by atoms with Crippen LogP contribution in [0.1, 0.15) is 69.7 Å². The zero-order valence-corrected chi connectivity index (χ0v) is 18.1. The summed E-state index contributed by atoms with van der Waals surface area (Å²) >= 11 is 0. The Hall–Kier alpha value is -2.34. The zero-order valence-electron chi connectivity index (χ0n) is 18.1. The standard InChI is InChI=1S/C24H34O6/c1-4-5-12-24(2,3)13-11-18(25)22-17(14-21(27)28)19(26)15-20(22)30-23(29)16-9-7-6-8-10-16/h6-11,17,19-20,22,25-26H,4-5,12-15H2,1-3H3,(H,27,28)/t17-,19-,20+,22-/m1/s1. The minimum Gasteiger partial charge on any atom is -0.512 e. The van der Waals surface area contributed by atoms with Crippen LogP contribution in [-0.4, -0.2) is 39.5 Å². The van der Waals surface area contributed by atoms with Crippen molar-refractivity contribution in [3.63, 3.8) is 0 Å². The minimum absolute atomic E-state index is 0.00626. The highest BCUT2D eigenvalue weighted by molar-refractivity contribution is 5.89. The summed E-state index contributed by atoms with van der Waals surface area (Å²) in [4.78, 5) is 23.9. The summed E-state index contributed by atoms with van der Waals surface area (Å²) in [5, 5.41) is 30.6. The van der Waals surface area contributed by atoms with Crippen LogP contribution >= 0.6 is 0 Å². The molecule has 0 bridgehead atoms. The quantitative estimate of drug-likeness (QED) is 0.375. The van der Waals surface area contributed by atoms with Crippen molar-refractivity contribution in [1.29, 1.82) is 0 Å². The SMILES string of the molecule is CCCCC(C)(C)CC=C(O)[C@H]1[C@H](CC(=O)O)[C@H](O)C[C@@H]1OC(=O)c1ccccc1. The fraction of sp³-hybridized carbons (Fsp3) is 0.583. The van der Waals surface area contributed by atoms with E-state index in [0.717, 1.165) is 19.3 Å². The van der Waals surface area contributed by atoms with Gasteiger partial charge in [0.2, 0.25) is 0 Å². The van der Waals surface area contributed by atoms with E-state index < -0.39 is 36.0 Å². The second-order valence-electron chi connectivity index (χ2n) is 9.00. The van der Waals surface area contributed by atoms with E-state index in [1.165, 1.54) is 0 Å². The molecule has 1 saturated carbocycles. The highest BCUT2D eigenvalue weighted by Gasteiger charge is 2.47. The third kappa shape index (κ3) is 6.59. The number of ether oxygens (including phenoxy) is 1. The van der Waals surface area contributed by atoms with E-state index in [9.17, 15) is 24.9 Å². The molecule has 1 aliphatic carbocycles. The number of esters is 1. The summed E-state index contributed by atoms with van der Waals surface area (Å²) in [5.74, 6) is -3.08. The smallest absolute Gasteiger partial charge is 0.338 e. The molecule has 0 radical (unpaired) electrons. The van der Waals surface area contributed by atoms with Gasteiger partial charge >= 0.3 is 11.9 Å². The molecule has 30 heavy (non-hydrogen) atoms. The fourth-order valence-electron chi connectivity index (χ4n) is 4.12. The first kappa shape index (κ1) is 23.9. The van der Waals surface area contributed by atoms with Crippen LogP contribution in [0.2, 0.25) is 0 Å². The predicted molar refractivity (Wildman–Crippen MR) is 114 cm³/mol. The number of benzene rings is 1. The van der Waals surface area contributed by atoms with E-state index in [2.05, 4.69) is 20.8 Å². The van der Waals surface area contributed by atoms with Crippen LogP contribution in [0.3, 0.4) is 0 Å². The number of aliphatic hydroxyl groups excluding tert-OH is 2. The molecule has 0 aromatic heterocycles. The lowest BCUT2D eigenvalue weighted by Gasteiger charge is -2.26.